The van der Waals surface area contributed by atoms with Crippen molar-refractivity contribution in [2.45, 2.75) is 64.9 Å². The second-order valence-electron chi connectivity index (χ2n) is 10.5. The van der Waals surface area contributed by atoms with Crippen molar-refractivity contribution in [3.63, 3.8) is 0 Å². The van der Waals surface area contributed by atoms with E-state index in [2.05, 4.69) is 37.4 Å². The maximum absolute atomic E-state index is 13.8. The van der Waals surface area contributed by atoms with Crippen molar-refractivity contribution in [3.8, 4) is 0 Å². The molecular formula is C31H37ClN2O2S. The van der Waals surface area contributed by atoms with Crippen LogP contribution in [0.4, 0.5) is 0 Å². The number of aryl methyl sites for hydroxylation is 2. The van der Waals surface area contributed by atoms with Crippen LogP contribution in [-0.2, 0) is 28.3 Å². The van der Waals surface area contributed by atoms with Gasteiger partial charge in [-0.2, -0.15) is 0 Å². The lowest BCUT2D eigenvalue weighted by molar-refractivity contribution is -0.140. The minimum absolute atomic E-state index is 0.0840. The van der Waals surface area contributed by atoms with Gasteiger partial charge in [-0.1, -0.05) is 89.5 Å². The number of carbonyl (C=O) groups is 2. The van der Waals surface area contributed by atoms with E-state index in [0.29, 0.717) is 11.4 Å². The molecule has 0 heterocycles. The normalized spacial score (nSPS) is 12.2. The van der Waals surface area contributed by atoms with E-state index in [4.69, 9.17) is 11.6 Å². The maximum atomic E-state index is 13.8. The zero-order valence-corrected chi connectivity index (χ0v) is 24.0. The van der Waals surface area contributed by atoms with Gasteiger partial charge >= 0.3 is 0 Å². The third-order valence-electron chi connectivity index (χ3n) is 5.84. The predicted octanol–water partition coefficient (Wildman–Crippen LogP) is 6.74. The van der Waals surface area contributed by atoms with Gasteiger partial charge in [-0.25, -0.2) is 0 Å². The van der Waals surface area contributed by atoms with Crippen LogP contribution in [0.5, 0.6) is 0 Å². The van der Waals surface area contributed by atoms with Crippen LogP contribution in [0.25, 0.3) is 0 Å². The Kier molecular flexibility index (Phi) is 10.2. The summed E-state index contributed by atoms with van der Waals surface area (Å²) >= 11 is 8.06. The van der Waals surface area contributed by atoms with Crippen LogP contribution in [0, 0.1) is 13.8 Å². The Morgan fingerprint density at radius 3 is 2.16 bits per heavy atom. The molecule has 0 saturated heterocycles. The van der Waals surface area contributed by atoms with E-state index in [1.165, 1.54) is 16.7 Å². The van der Waals surface area contributed by atoms with E-state index in [1.807, 2.05) is 75.4 Å². The number of benzene rings is 3. The molecule has 0 unspecified atom stereocenters. The van der Waals surface area contributed by atoms with Crippen molar-refractivity contribution < 1.29 is 9.59 Å². The minimum atomic E-state index is -0.674. The number of rotatable bonds is 10. The van der Waals surface area contributed by atoms with Crippen LogP contribution in [0.2, 0.25) is 5.02 Å². The van der Waals surface area contributed by atoms with Gasteiger partial charge in [0.1, 0.15) is 6.04 Å². The summed E-state index contributed by atoms with van der Waals surface area (Å²) in [5.74, 6) is 0.743. The van der Waals surface area contributed by atoms with Gasteiger partial charge in [0.05, 0.1) is 5.75 Å². The van der Waals surface area contributed by atoms with Crippen molar-refractivity contribution in [2.75, 3.05) is 5.75 Å². The molecule has 3 rings (SSSR count). The lowest BCUT2D eigenvalue weighted by Gasteiger charge is -2.34. The number of nitrogens with zero attached hydrogens (tertiary/aromatic N) is 1. The van der Waals surface area contributed by atoms with Gasteiger partial charge in [0, 0.05) is 29.3 Å². The first-order valence-electron chi connectivity index (χ1n) is 12.6. The quantitative estimate of drug-likeness (QED) is 0.312. The average molecular weight is 537 g/mol. The van der Waals surface area contributed by atoms with Gasteiger partial charge in [-0.15, -0.1) is 11.8 Å². The Balaban J connectivity index is 1.88. The second kappa shape index (κ2) is 13.2. The van der Waals surface area contributed by atoms with Gasteiger partial charge < -0.3 is 10.2 Å². The Morgan fingerprint density at radius 2 is 1.54 bits per heavy atom. The van der Waals surface area contributed by atoms with E-state index in [9.17, 15) is 9.59 Å². The van der Waals surface area contributed by atoms with Gasteiger partial charge in [-0.3, -0.25) is 9.59 Å². The number of hydrogen-bond donors (Lipinski definition) is 1. The molecule has 196 valence electrons. The number of hydrogen-bond acceptors (Lipinski definition) is 3. The van der Waals surface area contributed by atoms with Crippen molar-refractivity contribution >= 4 is 35.2 Å². The zero-order chi connectivity index (χ0) is 27.0. The molecule has 4 nitrogen and oxygen atoms in total. The largest absolute Gasteiger partial charge is 0.350 e. The number of nitrogens with one attached hydrogen (secondary N) is 1. The summed E-state index contributed by atoms with van der Waals surface area (Å²) in [4.78, 5) is 29.1. The molecule has 0 bridgehead atoms. The molecule has 1 atom stereocenters. The molecule has 37 heavy (non-hydrogen) atoms. The standard InChI is InChI=1S/C31H37ClN2O2S/c1-22-15-23(2)17-25(16-22)20-37-21-29(35)34(19-26-13-9-10-14-27(26)32)28(30(36)33-31(3,4)5)18-24-11-7-6-8-12-24/h6-17,28H,18-21H2,1-5H3,(H,33,36)/t28-/m1/s1. The van der Waals surface area contributed by atoms with Crippen LogP contribution in [0.3, 0.4) is 0 Å². The molecule has 0 aromatic heterocycles. The maximum Gasteiger partial charge on any atom is 0.243 e. The van der Waals surface area contributed by atoms with Crippen molar-refractivity contribution in [1.82, 2.24) is 10.2 Å². The minimum Gasteiger partial charge on any atom is -0.350 e. The highest BCUT2D eigenvalue weighted by Crippen LogP contribution is 2.23. The van der Waals surface area contributed by atoms with E-state index < -0.39 is 11.6 Å². The fourth-order valence-electron chi connectivity index (χ4n) is 4.31. The molecule has 0 spiro atoms. The lowest BCUT2D eigenvalue weighted by atomic mass is 10.0. The molecule has 0 aliphatic carbocycles. The van der Waals surface area contributed by atoms with Gasteiger partial charge in [0.2, 0.25) is 11.8 Å². The topological polar surface area (TPSA) is 49.4 Å². The first-order valence-corrected chi connectivity index (χ1v) is 14.1. The summed E-state index contributed by atoms with van der Waals surface area (Å²) in [6.45, 7) is 10.3. The number of thioether (sulfide) groups is 1. The predicted molar refractivity (Wildman–Crippen MR) is 156 cm³/mol. The van der Waals surface area contributed by atoms with Crippen LogP contribution >= 0.6 is 23.4 Å². The number of halogens is 1. The van der Waals surface area contributed by atoms with Gasteiger partial charge in [0.25, 0.3) is 0 Å². The van der Waals surface area contributed by atoms with Crippen molar-refractivity contribution in [3.05, 3.63) is 106 Å². The smallest absolute Gasteiger partial charge is 0.243 e. The third-order valence-corrected chi connectivity index (χ3v) is 7.20. The molecule has 0 saturated carbocycles. The highest BCUT2D eigenvalue weighted by atomic mass is 35.5. The van der Waals surface area contributed by atoms with Crippen LogP contribution in [0.1, 0.15) is 48.6 Å². The third kappa shape index (κ3) is 9.24. The lowest BCUT2D eigenvalue weighted by Crippen LogP contribution is -2.54. The van der Waals surface area contributed by atoms with E-state index >= 15 is 0 Å². The first-order chi connectivity index (χ1) is 17.5. The zero-order valence-electron chi connectivity index (χ0n) is 22.4. The summed E-state index contributed by atoms with van der Waals surface area (Å²) in [5, 5.41) is 3.68. The van der Waals surface area contributed by atoms with Crippen molar-refractivity contribution in [2.24, 2.45) is 0 Å². The summed E-state index contributed by atoms with van der Waals surface area (Å²) < 4.78 is 0. The Bertz CT molecular complexity index is 1190. The molecule has 1 N–H and O–H groups in total. The van der Waals surface area contributed by atoms with Crippen LogP contribution in [0.15, 0.2) is 72.8 Å². The van der Waals surface area contributed by atoms with E-state index in [-0.39, 0.29) is 24.1 Å². The fourth-order valence-corrected chi connectivity index (χ4v) is 5.35. The van der Waals surface area contributed by atoms with E-state index in [0.717, 1.165) is 16.9 Å². The SMILES string of the molecule is Cc1cc(C)cc(CSCC(=O)N(Cc2ccccc2Cl)[C@H](Cc2ccccc2)C(=O)NC(C)(C)C)c1. The van der Waals surface area contributed by atoms with Gasteiger partial charge in [-0.05, 0) is 57.4 Å². The number of carbonyl (C=O) groups excluding carboxylic acids is 2. The molecule has 6 heteroatoms. The number of amides is 2. The van der Waals surface area contributed by atoms with Crippen LogP contribution < -0.4 is 5.32 Å². The van der Waals surface area contributed by atoms with Crippen LogP contribution in [-0.4, -0.2) is 34.0 Å². The Hall–Kier alpha value is -2.76. The highest BCUT2D eigenvalue weighted by Gasteiger charge is 2.32. The van der Waals surface area contributed by atoms with Gasteiger partial charge in [0.15, 0.2) is 0 Å². The second-order valence-corrected chi connectivity index (χ2v) is 11.9. The Morgan fingerprint density at radius 1 is 0.919 bits per heavy atom. The molecule has 0 fully saturated rings. The Labute approximate surface area is 230 Å². The summed E-state index contributed by atoms with van der Waals surface area (Å²) in [5.41, 5.74) is 5.00. The molecule has 3 aromatic carbocycles. The molecule has 2 amide bonds. The summed E-state index contributed by atoms with van der Waals surface area (Å²) in [7, 11) is 0. The summed E-state index contributed by atoms with van der Waals surface area (Å²) in [6.07, 6.45) is 0.417. The monoisotopic (exact) mass is 536 g/mol. The molecule has 3 aromatic rings. The van der Waals surface area contributed by atoms with Crippen molar-refractivity contribution in [1.29, 1.82) is 0 Å². The average Bonchev–Trinajstić information content (AvgIpc) is 2.81. The molecule has 0 aliphatic heterocycles. The highest BCUT2D eigenvalue weighted by molar-refractivity contribution is 7.99. The summed E-state index contributed by atoms with van der Waals surface area (Å²) in [6, 6.07) is 23.1. The molecule has 0 radical (unpaired) electrons. The first kappa shape index (κ1) is 28.8. The fraction of sp³-hybridized carbons (Fsp3) is 0.355. The molecular weight excluding hydrogens is 500 g/mol. The molecule has 0 aliphatic rings. The van der Waals surface area contributed by atoms with E-state index in [1.54, 1.807) is 16.7 Å².